The molecule has 0 bridgehead atoms. The predicted octanol–water partition coefficient (Wildman–Crippen LogP) is 10.3. The fourth-order valence-electron chi connectivity index (χ4n) is 4.91. The van der Waals surface area contributed by atoms with E-state index in [9.17, 15) is 0 Å². The van der Waals surface area contributed by atoms with Crippen LogP contribution in [-0.2, 0) is 0 Å². The van der Waals surface area contributed by atoms with Crippen molar-refractivity contribution in [3.8, 4) is 22.3 Å². The van der Waals surface area contributed by atoms with Gasteiger partial charge in [-0.2, -0.15) is 0 Å². The second-order valence-electron chi connectivity index (χ2n) is 9.44. The molecule has 0 nitrogen and oxygen atoms in total. The molecule has 0 aliphatic carbocycles. The van der Waals surface area contributed by atoms with Crippen molar-refractivity contribution in [1.29, 1.82) is 0 Å². The van der Waals surface area contributed by atoms with Crippen LogP contribution in [0, 0.1) is 0 Å². The van der Waals surface area contributed by atoms with Crippen molar-refractivity contribution in [3.63, 3.8) is 0 Å². The van der Waals surface area contributed by atoms with Crippen LogP contribution in [-0.4, -0.2) is 0 Å². The third-order valence-corrected chi connectivity index (χ3v) is 6.94. The highest BCUT2D eigenvalue weighted by molar-refractivity contribution is 5.65. The number of unbranched alkanes of at least 4 members (excludes halogenated alkanes) is 6. The molecule has 0 atom stereocenters. The lowest BCUT2D eigenvalue weighted by Gasteiger charge is -2.19. The lowest BCUT2D eigenvalue weighted by Crippen LogP contribution is -2.02. The molecule has 4 rings (SSSR count). The highest BCUT2D eigenvalue weighted by atomic mass is 14.2. The molecule has 0 fully saturated rings. The summed E-state index contributed by atoms with van der Waals surface area (Å²) in [5.74, 6) is 0.449. The molecule has 0 aliphatic rings. The van der Waals surface area contributed by atoms with Gasteiger partial charge in [0.25, 0.3) is 0 Å². The van der Waals surface area contributed by atoms with Gasteiger partial charge in [0.05, 0.1) is 0 Å². The van der Waals surface area contributed by atoms with E-state index in [-0.39, 0.29) is 0 Å². The van der Waals surface area contributed by atoms with Gasteiger partial charge in [-0.15, -0.1) is 0 Å². The first-order valence-electron chi connectivity index (χ1n) is 13.2. The minimum absolute atomic E-state index is 0.449. The Balaban J connectivity index is 1.49. The van der Waals surface area contributed by atoms with Crippen LogP contribution in [0.3, 0.4) is 0 Å². The van der Waals surface area contributed by atoms with Crippen molar-refractivity contribution >= 4 is 0 Å². The second kappa shape index (κ2) is 12.9. The van der Waals surface area contributed by atoms with Crippen LogP contribution in [0.2, 0.25) is 0 Å². The summed E-state index contributed by atoms with van der Waals surface area (Å²) in [6.45, 7) is 2.29. The van der Waals surface area contributed by atoms with Crippen LogP contribution in [0.15, 0.2) is 109 Å². The Kier molecular flexibility index (Phi) is 9.14. The van der Waals surface area contributed by atoms with Gasteiger partial charge in [-0.05, 0) is 39.8 Å². The van der Waals surface area contributed by atoms with E-state index in [1.807, 2.05) is 0 Å². The normalized spacial score (nSPS) is 11.1. The molecule has 174 valence electrons. The molecule has 0 heteroatoms. The van der Waals surface area contributed by atoms with E-state index < -0.39 is 0 Å². The zero-order valence-corrected chi connectivity index (χ0v) is 20.6. The largest absolute Gasteiger partial charge is 0.0654 e. The Morgan fingerprint density at radius 3 is 1.24 bits per heavy atom. The van der Waals surface area contributed by atoms with E-state index in [2.05, 4.69) is 116 Å². The smallest absolute Gasteiger partial charge is 0.00893 e. The summed E-state index contributed by atoms with van der Waals surface area (Å²) < 4.78 is 0. The molecule has 0 radical (unpaired) electrons. The van der Waals surface area contributed by atoms with Crippen molar-refractivity contribution in [2.45, 2.75) is 64.2 Å². The average Bonchev–Trinajstić information content (AvgIpc) is 2.92. The minimum Gasteiger partial charge on any atom is -0.0654 e. The SMILES string of the molecule is CCCCCCCCCC(c1ccc(-c2ccccc2)cc1)c1ccc(-c2ccccc2)cc1. The Bertz CT molecular complexity index is 993. The molecule has 0 saturated heterocycles. The summed E-state index contributed by atoms with van der Waals surface area (Å²) in [6.07, 6.45) is 10.7. The molecule has 34 heavy (non-hydrogen) atoms. The van der Waals surface area contributed by atoms with Gasteiger partial charge >= 0.3 is 0 Å². The van der Waals surface area contributed by atoms with Gasteiger partial charge < -0.3 is 0 Å². The Morgan fingerprint density at radius 1 is 0.412 bits per heavy atom. The summed E-state index contributed by atoms with van der Waals surface area (Å²) in [5, 5.41) is 0. The number of hydrogen-bond donors (Lipinski definition) is 0. The van der Waals surface area contributed by atoms with Crippen LogP contribution >= 0.6 is 0 Å². The molecule has 0 aliphatic heterocycles. The highest BCUT2D eigenvalue weighted by Gasteiger charge is 2.15. The molecule has 0 aromatic heterocycles. The zero-order valence-electron chi connectivity index (χ0n) is 20.6. The van der Waals surface area contributed by atoms with E-state index in [0.717, 1.165) is 0 Å². The first-order chi connectivity index (χ1) is 16.8. The maximum Gasteiger partial charge on any atom is 0.00893 e. The van der Waals surface area contributed by atoms with Crippen LogP contribution in [0.1, 0.15) is 75.3 Å². The quantitative estimate of drug-likeness (QED) is 0.190. The standard InChI is InChI=1S/C34H38/c1-2-3-4-5-6-7-14-19-34(32-24-20-30(21-25-32)28-15-10-8-11-16-28)33-26-22-31(23-27-33)29-17-12-9-13-18-29/h8-13,15-18,20-27,34H,2-7,14,19H2,1H3. The Labute approximate surface area is 206 Å². The van der Waals surface area contributed by atoms with Crippen LogP contribution in [0.5, 0.6) is 0 Å². The first kappa shape index (κ1) is 24.0. The summed E-state index contributed by atoms with van der Waals surface area (Å²) in [6, 6.07) is 39.9. The van der Waals surface area contributed by atoms with E-state index in [1.54, 1.807) is 0 Å². The maximum absolute atomic E-state index is 2.35. The maximum atomic E-state index is 2.35. The Hall–Kier alpha value is -3.12. The van der Waals surface area contributed by atoms with Gasteiger partial charge in [0.1, 0.15) is 0 Å². The van der Waals surface area contributed by atoms with Crippen LogP contribution < -0.4 is 0 Å². The lowest BCUT2D eigenvalue weighted by molar-refractivity contribution is 0.559. The van der Waals surface area contributed by atoms with Crippen LogP contribution in [0.4, 0.5) is 0 Å². The molecule has 0 N–H and O–H groups in total. The van der Waals surface area contributed by atoms with Gasteiger partial charge in [0.2, 0.25) is 0 Å². The molecule has 4 aromatic rings. The molecule has 0 spiro atoms. The van der Waals surface area contributed by atoms with E-state index in [0.29, 0.717) is 5.92 Å². The highest BCUT2D eigenvalue weighted by Crippen LogP contribution is 2.33. The first-order valence-corrected chi connectivity index (χ1v) is 13.2. The van der Waals surface area contributed by atoms with Crippen molar-refractivity contribution < 1.29 is 0 Å². The molecule has 0 unspecified atom stereocenters. The number of benzene rings is 4. The monoisotopic (exact) mass is 446 g/mol. The zero-order chi connectivity index (χ0) is 23.4. The fourth-order valence-corrected chi connectivity index (χ4v) is 4.91. The summed E-state index contributed by atoms with van der Waals surface area (Å²) in [4.78, 5) is 0. The third kappa shape index (κ3) is 6.70. The van der Waals surface area contributed by atoms with Gasteiger partial charge in [0, 0.05) is 5.92 Å². The van der Waals surface area contributed by atoms with Crippen molar-refractivity contribution in [2.24, 2.45) is 0 Å². The number of rotatable bonds is 12. The molecule has 0 amide bonds. The van der Waals surface area contributed by atoms with Gasteiger partial charge in [-0.25, -0.2) is 0 Å². The van der Waals surface area contributed by atoms with Crippen molar-refractivity contribution in [1.82, 2.24) is 0 Å². The lowest BCUT2D eigenvalue weighted by atomic mass is 9.85. The Morgan fingerprint density at radius 2 is 0.794 bits per heavy atom. The topological polar surface area (TPSA) is 0 Å². The summed E-state index contributed by atoms with van der Waals surface area (Å²) in [5.41, 5.74) is 8.00. The van der Waals surface area contributed by atoms with Gasteiger partial charge in [-0.1, -0.05) is 161 Å². The average molecular weight is 447 g/mol. The fraction of sp³-hybridized carbons (Fsp3) is 0.294. The minimum atomic E-state index is 0.449. The van der Waals surface area contributed by atoms with Gasteiger partial charge in [0.15, 0.2) is 0 Å². The molecular weight excluding hydrogens is 408 g/mol. The van der Waals surface area contributed by atoms with Crippen molar-refractivity contribution in [3.05, 3.63) is 120 Å². The number of hydrogen-bond acceptors (Lipinski definition) is 0. The van der Waals surface area contributed by atoms with Crippen LogP contribution in [0.25, 0.3) is 22.3 Å². The molecule has 4 aromatic carbocycles. The van der Waals surface area contributed by atoms with E-state index in [1.165, 1.54) is 84.7 Å². The van der Waals surface area contributed by atoms with E-state index >= 15 is 0 Å². The molecule has 0 heterocycles. The van der Waals surface area contributed by atoms with E-state index in [4.69, 9.17) is 0 Å². The summed E-state index contributed by atoms with van der Waals surface area (Å²) >= 11 is 0. The summed E-state index contributed by atoms with van der Waals surface area (Å²) in [7, 11) is 0. The second-order valence-corrected chi connectivity index (χ2v) is 9.44. The molecule has 0 saturated carbocycles. The predicted molar refractivity (Wildman–Crippen MR) is 148 cm³/mol. The molecular formula is C34H38. The van der Waals surface area contributed by atoms with Crippen molar-refractivity contribution in [2.75, 3.05) is 0 Å². The van der Waals surface area contributed by atoms with Gasteiger partial charge in [-0.3, -0.25) is 0 Å². The third-order valence-electron chi connectivity index (χ3n) is 6.94.